The standard InChI is InChI=1S/C19H15F3N2O3S/c1-26-15-8-5-12(9-16(15)27-2)14-10-28-18(23-14)24-17(25)11-3-6-13(7-4-11)19(20,21)22/h3-10H,1-2H3,(H,23,24,25). The Morgan fingerprint density at radius 2 is 1.71 bits per heavy atom. The van der Waals surface area contributed by atoms with Gasteiger partial charge in [0.2, 0.25) is 0 Å². The highest BCUT2D eigenvalue weighted by Crippen LogP contribution is 2.33. The van der Waals surface area contributed by atoms with Crippen molar-refractivity contribution in [3.05, 3.63) is 59.0 Å². The maximum atomic E-state index is 12.6. The van der Waals surface area contributed by atoms with Crippen molar-refractivity contribution in [1.82, 2.24) is 4.98 Å². The van der Waals surface area contributed by atoms with E-state index in [1.807, 2.05) is 0 Å². The lowest BCUT2D eigenvalue weighted by Gasteiger charge is -2.08. The predicted octanol–water partition coefficient (Wildman–Crippen LogP) is 5.10. The molecule has 0 saturated carbocycles. The number of alkyl halides is 3. The van der Waals surface area contributed by atoms with Gasteiger partial charge in [-0.3, -0.25) is 10.1 Å². The van der Waals surface area contributed by atoms with E-state index in [4.69, 9.17) is 9.47 Å². The summed E-state index contributed by atoms with van der Waals surface area (Å²) in [4.78, 5) is 16.6. The number of hydrogen-bond acceptors (Lipinski definition) is 5. The molecule has 0 fully saturated rings. The number of methoxy groups -OCH3 is 2. The Balaban J connectivity index is 1.75. The number of anilines is 1. The van der Waals surface area contributed by atoms with Gasteiger partial charge in [0.25, 0.3) is 5.91 Å². The van der Waals surface area contributed by atoms with Crippen LogP contribution in [-0.2, 0) is 6.18 Å². The van der Waals surface area contributed by atoms with E-state index in [1.165, 1.54) is 25.6 Å². The summed E-state index contributed by atoms with van der Waals surface area (Å²) in [5, 5.41) is 4.67. The number of nitrogens with zero attached hydrogens (tertiary/aromatic N) is 1. The molecule has 146 valence electrons. The number of hydrogen-bond donors (Lipinski definition) is 1. The molecule has 3 rings (SSSR count). The minimum atomic E-state index is -4.45. The Hall–Kier alpha value is -3.07. The second kappa shape index (κ2) is 7.89. The first-order chi connectivity index (χ1) is 13.3. The van der Waals surface area contributed by atoms with Crippen LogP contribution in [-0.4, -0.2) is 25.1 Å². The first-order valence-corrected chi connectivity index (χ1v) is 8.86. The van der Waals surface area contributed by atoms with Crippen molar-refractivity contribution in [3.8, 4) is 22.8 Å². The molecule has 1 heterocycles. The highest BCUT2D eigenvalue weighted by Gasteiger charge is 2.30. The van der Waals surface area contributed by atoms with Crippen molar-refractivity contribution in [2.75, 3.05) is 19.5 Å². The van der Waals surface area contributed by atoms with E-state index in [0.717, 1.165) is 29.8 Å². The third-order valence-corrected chi connectivity index (χ3v) is 4.64. The Kier molecular flexibility index (Phi) is 5.55. The summed E-state index contributed by atoms with van der Waals surface area (Å²) in [5.74, 6) is 0.586. The molecule has 3 aromatic rings. The van der Waals surface area contributed by atoms with Crippen LogP contribution < -0.4 is 14.8 Å². The van der Waals surface area contributed by atoms with Crippen LogP contribution in [0.2, 0.25) is 0 Å². The number of carbonyl (C=O) groups is 1. The number of benzene rings is 2. The maximum Gasteiger partial charge on any atom is 0.416 e. The van der Waals surface area contributed by atoms with Crippen molar-refractivity contribution >= 4 is 22.4 Å². The van der Waals surface area contributed by atoms with Crippen LogP contribution in [0.15, 0.2) is 47.8 Å². The van der Waals surface area contributed by atoms with Gasteiger partial charge in [0.1, 0.15) is 0 Å². The molecule has 0 spiro atoms. The van der Waals surface area contributed by atoms with E-state index in [9.17, 15) is 18.0 Å². The molecule has 0 saturated heterocycles. The normalized spacial score (nSPS) is 11.2. The lowest BCUT2D eigenvalue weighted by Crippen LogP contribution is -2.12. The molecule has 9 heteroatoms. The first-order valence-electron chi connectivity index (χ1n) is 7.98. The fourth-order valence-corrected chi connectivity index (χ4v) is 3.15. The third-order valence-electron chi connectivity index (χ3n) is 3.88. The fraction of sp³-hybridized carbons (Fsp3) is 0.158. The van der Waals surface area contributed by atoms with Crippen molar-refractivity contribution in [1.29, 1.82) is 0 Å². The first kappa shape index (κ1) is 19.7. The number of rotatable bonds is 5. The van der Waals surface area contributed by atoms with E-state index in [2.05, 4.69) is 10.3 Å². The number of carbonyl (C=O) groups excluding carboxylic acids is 1. The number of thiazole rings is 1. The van der Waals surface area contributed by atoms with Crippen molar-refractivity contribution < 1.29 is 27.4 Å². The molecule has 0 aliphatic rings. The molecular weight excluding hydrogens is 393 g/mol. The lowest BCUT2D eigenvalue weighted by molar-refractivity contribution is -0.137. The van der Waals surface area contributed by atoms with Crippen molar-refractivity contribution in [2.45, 2.75) is 6.18 Å². The Morgan fingerprint density at radius 1 is 1.04 bits per heavy atom. The molecule has 0 unspecified atom stereocenters. The van der Waals surface area contributed by atoms with Crippen molar-refractivity contribution in [3.63, 3.8) is 0 Å². The van der Waals surface area contributed by atoms with Gasteiger partial charge in [0.05, 0.1) is 25.5 Å². The summed E-state index contributed by atoms with van der Waals surface area (Å²) >= 11 is 1.20. The van der Waals surface area contributed by atoms with Gasteiger partial charge < -0.3 is 9.47 Å². The Morgan fingerprint density at radius 3 is 2.32 bits per heavy atom. The zero-order chi connectivity index (χ0) is 20.3. The molecule has 0 aliphatic carbocycles. The highest BCUT2D eigenvalue weighted by molar-refractivity contribution is 7.14. The Labute approximate surface area is 162 Å². The fourth-order valence-electron chi connectivity index (χ4n) is 2.44. The molecular formula is C19H15F3N2O3S. The van der Waals surface area contributed by atoms with Gasteiger partial charge in [0.15, 0.2) is 16.6 Å². The molecule has 0 aliphatic heterocycles. The maximum absolute atomic E-state index is 12.6. The van der Waals surface area contributed by atoms with E-state index < -0.39 is 17.6 Å². The molecule has 1 amide bonds. The molecule has 1 aromatic heterocycles. The van der Waals surface area contributed by atoms with Gasteiger partial charge >= 0.3 is 6.18 Å². The average molecular weight is 408 g/mol. The number of nitrogens with one attached hydrogen (secondary N) is 1. The van der Waals surface area contributed by atoms with Gasteiger partial charge in [-0.25, -0.2) is 4.98 Å². The van der Waals surface area contributed by atoms with Crippen LogP contribution in [0, 0.1) is 0 Å². The van der Waals surface area contributed by atoms with Gasteiger partial charge in [-0.1, -0.05) is 0 Å². The van der Waals surface area contributed by atoms with Crippen LogP contribution in [0.4, 0.5) is 18.3 Å². The third kappa shape index (κ3) is 4.25. The molecule has 28 heavy (non-hydrogen) atoms. The van der Waals surface area contributed by atoms with Gasteiger partial charge in [-0.2, -0.15) is 13.2 Å². The zero-order valence-corrected chi connectivity index (χ0v) is 15.6. The number of amides is 1. The summed E-state index contributed by atoms with van der Waals surface area (Å²) in [6.45, 7) is 0. The van der Waals surface area contributed by atoms with E-state index in [1.54, 1.807) is 23.6 Å². The quantitative estimate of drug-likeness (QED) is 0.638. The monoisotopic (exact) mass is 408 g/mol. The summed E-state index contributed by atoms with van der Waals surface area (Å²) in [6, 6.07) is 9.29. The number of aromatic nitrogens is 1. The second-order valence-corrected chi connectivity index (χ2v) is 6.49. The highest BCUT2D eigenvalue weighted by atomic mass is 32.1. The van der Waals surface area contributed by atoms with Crippen LogP contribution in [0.3, 0.4) is 0 Å². The summed E-state index contributed by atoms with van der Waals surface area (Å²) in [6.07, 6.45) is -4.45. The molecule has 2 aromatic carbocycles. The zero-order valence-electron chi connectivity index (χ0n) is 14.8. The van der Waals surface area contributed by atoms with E-state index in [-0.39, 0.29) is 5.56 Å². The topological polar surface area (TPSA) is 60.5 Å². The molecule has 0 radical (unpaired) electrons. The molecule has 1 N–H and O–H groups in total. The predicted molar refractivity (Wildman–Crippen MR) is 100 cm³/mol. The molecule has 0 bridgehead atoms. The van der Waals surface area contributed by atoms with Gasteiger partial charge in [0, 0.05) is 16.5 Å². The average Bonchev–Trinajstić information content (AvgIpc) is 3.15. The van der Waals surface area contributed by atoms with Gasteiger partial charge in [-0.05, 0) is 42.5 Å². The van der Waals surface area contributed by atoms with Gasteiger partial charge in [-0.15, -0.1) is 11.3 Å². The Bertz CT molecular complexity index is 985. The summed E-state index contributed by atoms with van der Waals surface area (Å²) in [5.41, 5.74) is 0.683. The van der Waals surface area contributed by atoms with Crippen LogP contribution in [0.5, 0.6) is 11.5 Å². The largest absolute Gasteiger partial charge is 0.493 e. The lowest BCUT2D eigenvalue weighted by atomic mass is 10.1. The minimum absolute atomic E-state index is 0.107. The van der Waals surface area contributed by atoms with Crippen LogP contribution >= 0.6 is 11.3 Å². The summed E-state index contributed by atoms with van der Waals surface area (Å²) < 4.78 is 48.3. The van der Waals surface area contributed by atoms with Crippen LogP contribution in [0.1, 0.15) is 15.9 Å². The second-order valence-electron chi connectivity index (χ2n) is 5.64. The van der Waals surface area contributed by atoms with Crippen LogP contribution in [0.25, 0.3) is 11.3 Å². The minimum Gasteiger partial charge on any atom is -0.493 e. The SMILES string of the molecule is COc1ccc(-c2csc(NC(=O)c3ccc(C(F)(F)F)cc3)n2)cc1OC. The number of halogens is 3. The van der Waals surface area contributed by atoms with Crippen molar-refractivity contribution in [2.24, 2.45) is 0 Å². The molecule has 5 nitrogen and oxygen atoms in total. The van der Waals surface area contributed by atoms with E-state index >= 15 is 0 Å². The van der Waals surface area contributed by atoms with E-state index in [0.29, 0.717) is 22.3 Å². The molecule has 0 atom stereocenters. The number of ether oxygens (including phenoxy) is 2. The smallest absolute Gasteiger partial charge is 0.416 e. The summed E-state index contributed by atoms with van der Waals surface area (Å²) in [7, 11) is 3.06.